The van der Waals surface area contributed by atoms with Gasteiger partial charge < -0.3 is 4.74 Å². The first-order valence-corrected chi connectivity index (χ1v) is 13.0. The fourth-order valence-electron chi connectivity index (χ4n) is 3.39. The molecule has 0 saturated heterocycles. The largest absolute Gasteiger partial charge is 0.487 e. The molecule has 0 aliphatic carbocycles. The highest BCUT2D eigenvalue weighted by molar-refractivity contribution is 9.11. The molecule has 0 aliphatic heterocycles. The van der Waals surface area contributed by atoms with Crippen LogP contribution in [0.1, 0.15) is 37.7 Å². The molecule has 1 heterocycles. The van der Waals surface area contributed by atoms with Gasteiger partial charge in [0, 0.05) is 9.89 Å². The number of benzene rings is 3. The summed E-state index contributed by atoms with van der Waals surface area (Å²) in [5, 5.41) is 5.00. The summed E-state index contributed by atoms with van der Waals surface area (Å²) in [5.74, 6) is 0.880. The summed E-state index contributed by atoms with van der Waals surface area (Å²) >= 11 is 10.5. The number of rotatable bonds is 5. The number of halogens is 4. The van der Waals surface area contributed by atoms with Gasteiger partial charge in [-0.2, -0.15) is 9.78 Å². The van der Waals surface area contributed by atoms with Gasteiger partial charge in [-0.05, 0) is 85.5 Å². The zero-order valence-electron chi connectivity index (χ0n) is 19.2. The monoisotopic (exact) mass is 663 g/mol. The van der Waals surface area contributed by atoms with E-state index in [0.717, 1.165) is 15.6 Å². The maximum atomic E-state index is 13.3. The third kappa shape index (κ3) is 5.90. The van der Waals surface area contributed by atoms with E-state index in [4.69, 9.17) is 9.72 Å². The topological polar surface area (TPSA) is 56.5 Å². The van der Waals surface area contributed by atoms with Crippen molar-refractivity contribution in [2.45, 2.75) is 32.8 Å². The van der Waals surface area contributed by atoms with E-state index < -0.39 is 5.41 Å². The first-order valence-electron chi connectivity index (χ1n) is 10.7. The molecule has 1 aromatic heterocycles. The van der Waals surface area contributed by atoms with E-state index in [1.165, 1.54) is 16.8 Å². The summed E-state index contributed by atoms with van der Waals surface area (Å²) < 4.78 is 22.6. The number of fused-ring (bicyclic) bond motifs is 1. The second kappa shape index (κ2) is 10.3. The Labute approximate surface area is 227 Å². The van der Waals surface area contributed by atoms with Gasteiger partial charge in [-0.15, -0.1) is 0 Å². The molecule has 180 valence electrons. The summed E-state index contributed by atoms with van der Waals surface area (Å²) in [6.07, 6.45) is 1.61. The third-order valence-corrected chi connectivity index (χ3v) is 6.79. The van der Waals surface area contributed by atoms with Crippen LogP contribution in [0.15, 0.2) is 77.9 Å². The molecule has 0 N–H and O–H groups in total. The number of aromatic nitrogens is 2. The van der Waals surface area contributed by atoms with Crippen LogP contribution in [-0.2, 0) is 12.0 Å². The second-order valence-electron chi connectivity index (χ2n) is 8.94. The van der Waals surface area contributed by atoms with Crippen LogP contribution < -0.4 is 10.3 Å². The minimum absolute atomic E-state index is 0.241. The van der Waals surface area contributed by atoms with E-state index in [0.29, 0.717) is 31.4 Å². The average molecular weight is 666 g/mol. The van der Waals surface area contributed by atoms with E-state index in [1.54, 1.807) is 24.4 Å². The van der Waals surface area contributed by atoms with Gasteiger partial charge in [0.15, 0.2) is 0 Å². The van der Waals surface area contributed by atoms with E-state index in [2.05, 4.69) is 52.9 Å². The lowest BCUT2D eigenvalue weighted by Gasteiger charge is -2.21. The van der Waals surface area contributed by atoms with Crippen LogP contribution in [0.4, 0.5) is 4.39 Å². The van der Waals surface area contributed by atoms with Gasteiger partial charge in [-0.25, -0.2) is 9.37 Å². The van der Waals surface area contributed by atoms with Gasteiger partial charge in [0.05, 0.1) is 26.1 Å². The predicted octanol–water partition coefficient (Wildman–Crippen LogP) is 7.58. The van der Waals surface area contributed by atoms with E-state index >= 15 is 0 Å². The van der Waals surface area contributed by atoms with Crippen molar-refractivity contribution in [3.63, 3.8) is 0 Å². The van der Waals surface area contributed by atoms with Crippen LogP contribution in [0.3, 0.4) is 0 Å². The highest BCUT2D eigenvalue weighted by Crippen LogP contribution is 2.35. The molecule has 5 nitrogen and oxygen atoms in total. The number of hydrogen-bond donors (Lipinski definition) is 0. The maximum Gasteiger partial charge on any atom is 0.282 e. The molecule has 4 aromatic rings. The quantitative estimate of drug-likeness (QED) is 0.207. The van der Waals surface area contributed by atoms with E-state index in [-0.39, 0.29) is 18.0 Å². The third-order valence-electron chi connectivity index (χ3n) is 5.12. The molecule has 0 atom stereocenters. The molecule has 0 fully saturated rings. The Morgan fingerprint density at radius 2 is 1.69 bits per heavy atom. The minimum atomic E-state index is -0.406. The van der Waals surface area contributed by atoms with Crippen LogP contribution in [-0.4, -0.2) is 15.9 Å². The Hall–Kier alpha value is -2.36. The summed E-state index contributed by atoms with van der Waals surface area (Å²) in [5.41, 5.74) is 1.58. The van der Waals surface area contributed by atoms with Crippen LogP contribution in [0.5, 0.6) is 5.75 Å². The minimum Gasteiger partial charge on any atom is -0.487 e. The molecule has 0 bridgehead atoms. The van der Waals surface area contributed by atoms with Crippen LogP contribution in [0.25, 0.3) is 10.9 Å². The summed E-state index contributed by atoms with van der Waals surface area (Å²) in [6.45, 7) is 6.26. The van der Waals surface area contributed by atoms with Gasteiger partial charge >= 0.3 is 0 Å². The molecule has 0 unspecified atom stereocenters. The zero-order chi connectivity index (χ0) is 25.3. The second-order valence-corrected chi connectivity index (χ2v) is 11.6. The first kappa shape index (κ1) is 25.7. The molecule has 0 aliphatic rings. The van der Waals surface area contributed by atoms with Crippen molar-refractivity contribution in [3.8, 4) is 5.75 Å². The summed E-state index contributed by atoms with van der Waals surface area (Å²) in [4.78, 5) is 18.1. The Morgan fingerprint density at radius 3 is 2.31 bits per heavy atom. The molecule has 0 spiro atoms. The standard InChI is InChI=1S/C26H21Br3FN3O2/c1-26(2,3)25-32-22-9-6-17(27)12-19(22)24(34)33(25)31-13-16-10-20(28)23(21(29)11-16)35-14-15-4-7-18(30)8-5-15/h4-13H,14H2,1-3H3. The number of ether oxygens (including phenoxy) is 1. The first-order chi connectivity index (χ1) is 16.5. The Morgan fingerprint density at radius 1 is 1.03 bits per heavy atom. The normalized spacial score (nSPS) is 12.0. The molecular formula is C26H21Br3FN3O2. The van der Waals surface area contributed by atoms with Crippen molar-refractivity contribution in [2.24, 2.45) is 5.10 Å². The van der Waals surface area contributed by atoms with Gasteiger partial charge in [0.2, 0.25) is 0 Å². The van der Waals surface area contributed by atoms with Crippen LogP contribution >= 0.6 is 47.8 Å². The average Bonchev–Trinajstić information content (AvgIpc) is 2.78. The lowest BCUT2D eigenvalue weighted by atomic mass is 9.95. The maximum absolute atomic E-state index is 13.3. The van der Waals surface area contributed by atoms with Gasteiger partial charge in [0.1, 0.15) is 24.0 Å². The molecule has 0 radical (unpaired) electrons. The Balaban J connectivity index is 1.68. The highest BCUT2D eigenvalue weighted by atomic mass is 79.9. The Kier molecular flexibility index (Phi) is 7.59. The number of hydrogen-bond acceptors (Lipinski definition) is 4. The smallest absolute Gasteiger partial charge is 0.282 e. The van der Waals surface area contributed by atoms with E-state index in [1.807, 2.05) is 45.0 Å². The number of nitrogens with zero attached hydrogens (tertiary/aromatic N) is 3. The lowest BCUT2D eigenvalue weighted by Crippen LogP contribution is -2.29. The molecule has 35 heavy (non-hydrogen) atoms. The molecule has 3 aromatic carbocycles. The summed E-state index contributed by atoms with van der Waals surface area (Å²) in [7, 11) is 0. The SMILES string of the molecule is CC(C)(C)c1nc2ccc(Br)cc2c(=O)n1N=Cc1cc(Br)c(OCc2ccc(F)cc2)c(Br)c1. The zero-order valence-corrected chi connectivity index (χ0v) is 23.9. The molecule has 0 saturated carbocycles. The fraction of sp³-hybridized carbons (Fsp3) is 0.192. The van der Waals surface area contributed by atoms with Gasteiger partial charge in [-0.3, -0.25) is 4.79 Å². The van der Waals surface area contributed by atoms with Crippen LogP contribution in [0.2, 0.25) is 0 Å². The molecule has 9 heteroatoms. The van der Waals surface area contributed by atoms with Crippen molar-refractivity contribution < 1.29 is 9.13 Å². The summed E-state index contributed by atoms with van der Waals surface area (Å²) in [6, 6.07) is 15.3. The molecule has 0 amide bonds. The molecular weight excluding hydrogens is 645 g/mol. The molecule has 4 rings (SSSR count). The van der Waals surface area contributed by atoms with Crippen molar-refractivity contribution >= 4 is 64.9 Å². The van der Waals surface area contributed by atoms with Crippen molar-refractivity contribution in [1.29, 1.82) is 0 Å². The van der Waals surface area contributed by atoms with Crippen molar-refractivity contribution in [1.82, 2.24) is 9.66 Å². The van der Waals surface area contributed by atoms with Crippen LogP contribution in [0, 0.1) is 5.82 Å². The predicted molar refractivity (Wildman–Crippen MR) is 148 cm³/mol. The van der Waals surface area contributed by atoms with E-state index in [9.17, 15) is 9.18 Å². The highest BCUT2D eigenvalue weighted by Gasteiger charge is 2.23. The fourth-order valence-corrected chi connectivity index (χ4v) is 5.21. The van der Waals surface area contributed by atoms with Gasteiger partial charge in [-0.1, -0.05) is 48.8 Å². The van der Waals surface area contributed by atoms with Gasteiger partial charge in [0.25, 0.3) is 5.56 Å². The van der Waals surface area contributed by atoms with Crippen molar-refractivity contribution in [3.05, 3.63) is 101 Å². The lowest BCUT2D eigenvalue weighted by molar-refractivity contribution is 0.302. The Bertz CT molecular complexity index is 1470. The van der Waals surface area contributed by atoms with Crippen molar-refractivity contribution in [2.75, 3.05) is 0 Å².